The minimum atomic E-state index is -0.0955. The molecule has 2 atom stereocenters. The average molecular weight is 265 g/mol. The molecule has 106 valence electrons. The van der Waals surface area contributed by atoms with E-state index < -0.39 is 0 Å². The lowest BCUT2D eigenvalue weighted by atomic mass is 9.83. The van der Waals surface area contributed by atoms with Crippen LogP contribution in [0.1, 0.15) is 38.5 Å². The molecule has 1 heterocycles. The summed E-state index contributed by atoms with van der Waals surface area (Å²) in [6.07, 6.45) is 8.25. The first kappa shape index (κ1) is 14.1. The fourth-order valence-electron chi connectivity index (χ4n) is 2.63. The molecule has 0 aliphatic heterocycles. The van der Waals surface area contributed by atoms with Crippen LogP contribution in [0, 0.1) is 5.92 Å². The highest BCUT2D eigenvalue weighted by Gasteiger charge is 2.22. The topological polar surface area (TPSA) is 67.3 Å². The summed E-state index contributed by atoms with van der Waals surface area (Å²) in [7, 11) is 1.59. The van der Waals surface area contributed by atoms with Crippen LogP contribution < -0.4 is 10.1 Å². The predicted molar refractivity (Wildman–Crippen MR) is 74.3 cm³/mol. The van der Waals surface area contributed by atoms with Crippen molar-refractivity contribution in [3.8, 4) is 5.88 Å². The molecule has 0 radical (unpaired) electrons. The molecule has 5 heteroatoms. The van der Waals surface area contributed by atoms with Gasteiger partial charge in [0.05, 0.1) is 13.2 Å². The van der Waals surface area contributed by atoms with E-state index in [0.717, 1.165) is 32.2 Å². The van der Waals surface area contributed by atoms with E-state index in [1.54, 1.807) is 19.4 Å². The van der Waals surface area contributed by atoms with E-state index in [0.29, 0.717) is 17.7 Å². The molecule has 1 saturated carbocycles. The van der Waals surface area contributed by atoms with Gasteiger partial charge in [-0.3, -0.25) is 0 Å². The molecule has 0 bridgehead atoms. The number of nitrogens with one attached hydrogen (secondary N) is 1. The summed E-state index contributed by atoms with van der Waals surface area (Å²) in [6, 6.07) is 1.73. The monoisotopic (exact) mass is 265 g/mol. The molecule has 1 aliphatic carbocycles. The lowest BCUT2D eigenvalue weighted by molar-refractivity contribution is 0.0648. The molecule has 0 saturated heterocycles. The smallest absolute Gasteiger partial charge is 0.225 e. The van der Waals surface area contributed by atoms with Crippen molar-refractivity contribution in [3.05, 3.63) is 12.3 Å². The third-order valence-corrected chi connectivity index (χ3v) is 3.74. The van der Waals surface area contributed by atoms with Gasteiger partial charge in [-0.15, -0.1) is 0 Å². The molecule has 19 heavy (non-hydrogen) atoms. The van der Waals surface area contributed by atoms with E-state index >= 15 is 0 Å². The quantitative estimate of drug-likeness (QED) is 0.772. The van der Waals surface area contributed by atoms with Gasteiger partial charge in [-0.05, 0) is 31.6 Å². The van der Waals surface area contributed by atoms with Crippen molar-refractivity contribution in [2.75, 3.05) is 19.0 Å². The number of nitrogens with zero attached hydrogens (tertiary/aromatic N) is 2. The van der Waals surface area contributed by atoms with Crippen molar-refractivity contribution in [3.63, 3.8) is 0 Å². The maximum absolute atomic E-state index is 9.89. The zero-order valence-electron chi connectivity index (χ0n) is 11.5. The Morgan fingerprint density at radius 3 is 3.05 bits per heavy atom. The van der Waals surface area contributed by atoms with Crippen LogP contribution in [0.4, 0.5) is 5.95 Å². The fourth-order valence-corrected chi connectivity index (χ4v) is 2.63. The number of aliphatic hydroxyl groups excluding tert-OH is 1. The van der Waals surface area contributed by atoms with Crippen molar-refractivity contribution in [2.24, 2.45) is 5.92 Å². The number of aliphatic hydroxyl groups is 1. The predicted octanol–water partition coefficient (Wildman–Crippen LogP) is 2.23. The molecular formula is C14H23N3O2. The summed E-state index contributed by atoms with van der Waals surface area (Å²) in [5.74, 6) is 1.64. The lowest BCUT2D eigenvalue weighted by Crippen LogP contribution is -2.24. The van der Waals surface area contributed by atoms with Crippen LogP contribution in [0.15, 0.2) is 12.3 Å². The molecule has 0 amide bonds. The highest BCUT2D eigenvalue weighted by Crippen LogP contribution is 2.27. The Morgan fingerprint density at radius 1 is 1.42 bits per heavy atom. The van der Waals surface area contributed by atoms with Gasteiger partial charge < -0.3 is 15.2 Å². The van der Waals surface area contributed by atoms with E-state index in [2.05, 4.69) is 15.3 Å². The Bertz CT molecular complexity index is 387. The van der Waals surface area contributed by atoms with Crippen molar-refractivity contribution in [1.29, 1.82) is 0 Å². The summed E-state index contributed by atoms with van der Waals surface area (Å²) in [5.41, 5.74) is 0. The lowest BCUT2D eigenvalue weighted by Gasteiger charge is -2.27. The molecule has 1 aromatic heterocycles. The van der Waals surface area contributed by atoms with Crippen molar-refractivity contribution < 1.29 is 9.84 Å². The average Bonchev–Trinajstić information content (AvgIpc) is 2.45. The number of ether oxygens (including phenoxy) is 1. The van der Waals surface area contributed by atoms with Crippen LogP contribution >= 0.6 is 0 Å². The minimum Gasteiger partial charge on any atom is -0.481 e. The third kappa shape index (κ3) is 4.35. The van der Waals surface area contributed by atoms with Crippen LogP contribution in [0.25, 0.3) is 0 Å². The molecular weight excluding hydrogens is 242 g/mol. The van der Waals surface area contributed by atoms with Gasteiger partial charge >= 0.3 is 0 Å². The summed E-state index contributed by atoms with van der Waals surface area (Å²) < 4.78 is 5.05. The van der Waals surface area contributed by atoms with E-state index in [1.807, 2.05) is 0 Å². The van der Waals surface area contributed by atoms with E-state index in [4.69, 9.17) is 4.74 Å². The second kappa shape index (κ2) is 7.28. The molecule has 5 nitrogen and oxygen atoms in total. The Labute approximate surface area is 114 Å². The largest absolute Gasteiger partial charge is 0.481 e. The first-order chi connectivity index (χ1) is 9.29. The van der Waals surface area contributed by atoms with Crippen molar-refractivity contribution in [1.82, 2.24) is 9.97 Å². The van der Waals surface area contributed by atoms with Gasteiger partial charge in [-0.25, -0.2) is 4.98 Å². The number of hydrogen-bond donors (Lipinski definition) is 2. The van der Waals surface area contributed by atoms with Gasteiger partial charge in [0.2, 0.25) is 11.8 Å². The third-order valence-electron chi connectivity index (χ3n) is 3.74. The molecule has 0 aromatic carbocycles. The second-order valence-corrected chi connectivity index (χ2v) is 5.10. The molecule has 1 aliphatic rings. The van der Waals surface area contributed by atoms with Crippen LogP contribution in [0.5, 0.6) is 5.88 Å². The fraction of sp³-hybridized carbons (Fsp3) is 0.714. The number of anilines is 1. The van der Waals surface area contributed by atoms with Gasteiger partial charge in [0, 0.05) is 18.8 Å². The van der Waals surface area contributed by atoms with Gasteiger partial charge in [0.25, 0.3) is 0 Å². The van der Waals surface area contributed by atoms with Crippen LogP contribution in [0.3, 0.4) is 0 Å². The first-order valence-corrected chi connectivity index (χ1v) is 7.08. The van der Waals surface area contributed by atoms with Gasteiger partial charge in [0.1, 0.15) is 0 Å². The number of rotatable bonds is 6. The van der Waals surface area contributed by atoms with Gasteiger partial charge in [-0.1, -0.05) is 12.8 Å². The molecule has 2 unspecified atom stereocenters. The molecule has 2 rings (SSSR count). The Balaban J connectivity index is 1.68. The zero-order valence-corrected chi connectivity index (χ0v) is 11.5. The Hall–Kier alpha value is -1.36. The van der Waals surface area contributed by atoms with Crippen LogP contribution in [-0.2, 0) is 0 Å². The van der Waals surface area contributed by atoms with Crippen molar-refractivity contribution in [2.45, 2.75) is 44.6 Å². The highest BCUT2D eigenvalue weighted by molar-refractivity contribution is 5.26. The van der Waals surface area contributed by atoms with Crippen LogP contribution in [0.2, 0.25) is 0 Å². The van der Waals surface area contributed by atoms with Crippen LogP contribution in [-0.4, -0.2) is 34.8 Å². The van der Waals surface area contributed by atoms with Gasteiger partial charge in [0.15, 0.2) is 0 Å². The standard InChI is InChI=1S/C14H23N3O2/c1-19-13-8-10-16-14(17-13)15-9-4-6-11-5-2-3-7-12(11)18/h8,10-12,18H,2-7,9H2,1H3,(H,15,16,17). The summed E-state index contributed by atoms with van der Waals surface area (Å²) >= 11 is 0. The number of methoxy groups -OCH3 is 1. The molecule has 2 N–H and O–H groups in total. The maximum atomic E-state index is 9.89. The van der Waals surface area contributed by atoms with Crippen molar-refractivity contribution >= 4 is 5.95 Å². The highest BCUT2D eigenvalue weighted by atomic mass is 16.5. The van der Waals surface area contributed by atoms with Gasteiger partial charge in [-0.2, -0.15) is 4.98 Å². The summed E-state index contributed by atoms with van der Waals surface area (Å²) in [4.78, 5) is 8.33. The zero-order chi connectivity index (χ0) is 13.5. The Morgan fingerprint density at radius 2 is 2.26 bits per heavy atom. The van der Waals surface area contributed by atoms with E-state index in [1.165, 1.54) is 12.8 Å². The first-order valence-electron chi connectivity index (χ1n) is 7.08. The minimum absolute atomic E-state index is 0.0955. The maximum Gasteiger partial charge on any atom is 0.225 e. The summed E-state index contributed by atoms with van der Waals surface area (Å²) in [5, 5.41) is 13.1. The SMILES string of the molecule is COc1ccnc(NCCCC2CCCCC2O)n1. The number of hydrogen-bond acceptors (Lipinski definition) is 5. The number of aromatic nitrogens is 2. The second-order valence-electron chi connectivity index (χ2n) is 5.10. The molecule has 1 aromatic rings. The normalized spacial score (nSPS) is 23.1. The molecule has 1 fully saturated rings. The van der Waals surface area contributed by atoms with E-state index in [9.17, 15) is 5.11 Å². The Kier molecular flexibility index (Phi) is 5.39. The molecule has 0 spiro atoms. The van der Waals surface area contributed by atoms with E-state index in [-0.39, 0.29) is 6.10 Å². The summed E-state index contributed by atoms with van der Waals surface area (Å²) in [6.45, 7) is 0.830.